The Morgan fingerprint density at radius 3 is 2.39 bits per heavy atom. The molecule has 3 aromatic rings. The van der Waals surface area contributed by atoms with E-state index in [4.69, 9.17) is 4.74 Å². The SMILES string of the molecule is CC(=O)Nc1ccc(NCc2cc(Br)ccc2OCc2ccccc2C)cc1. The summed E-state index contributed by atoms with van der Waals surface area (Å²) >= 11 is 3.54. The van der Waals surface area contributed by atoms with Crippen LogP contribution in [0.3, 0.4) is 0 Å². The van der Waals surface area contributed by atoms with E-state index in [1.165, 1.54) is 18.1 Å². The van der Waals surface area contributed by atoms with Gasteiger partial charge in [-0.3, -0.25) is 4.79 Å². The van der Waals surface area contributed by atoms with Gasteiger partial charge in [-0.05, 0) is 60.5 Å². The van der Waals surface area contributed by atoms with Crippen LogP contribution in [0.2, 0.25) is 0 Å². The Hall–Kier alpha value is -2.79. The van der Waals surface area contributed by atoms with Gasteiger partial charge in [0.1, 0.15) is 12.4 Å². The van der Waals surface area contributed by atoms with E-state index in [9.17, 15) is 4.79 Å². The molecule has 1 amide bonds. The van der Waals surface area contributed by atoms with Gasteiger partial charge in [0.15, 0.2) is 0 Å². The van der Waals surface area contributed by atoms with Gasteiger partial charge in [-0.2, -0.15) is 0 Å². The number of ether oxygens (including phenoxy) is 1. The molecule has 0 spiro atoms. The lowest BCUT2D eigenvalue weighted by Crippen LogP contribution is -2.06. The minimum absolute atomic E-state index is 0.0784. The van der Waals surface area contributed by atoms with E-state index in [0.29, 0.717) is 13.2 Å². The number of aryl methyl sites for hydroxylation is 1. The molecule has 5 heteroatoms. The monoisotopic (exact) mass is 438 g/mol. The number of carbonyl (C=O) groups excluding carboxylic acids is 1. The van der Waals surface area contributed by atoms with E-state index >= 15 is 0 Å². The number of halogens is 1. The second-order valence-corrected chi connectivity index (χ2v) is 7.49. The Bertz CT molecular complexity index is 955. The molecule has 3 aromatic carbocycles. The van der Waals surface area contributed by atoms with E-state index in [-0.39, 0.29) is 5.91 Å². The van der Waals surface area contributed by atoms with Gasteiger partial charge in [-0.1, -0.05) is 40.2 Å². The number of rotatable bonds is 7. The first-order valence-corrected chi connectivity index (χ1v) is 9.88. The molecule has 0 bridgehead atoms. The van der Waals surface area contributed by atoms with Crippen LogP contribution in [0, 0.1) is 6.92 Å². The minimum atomic E-state index is -0.0784. The summed E-state index contributed by atoms with van der Waals surface area (Å²) in [4.78, 5) is 11.1. The van der Waals surface area contributed by atoms with Crippen molar-refractivity contribution in [1.29, 1.82) is 0 Å². The van der Waals surface area contributed by atoms with Crippen molar-refractivity contribution < 1.29 is 9.53 Å². The number of benzene rings is 3. The third-order valence-corrected chi connectivity index (χ3v) is 4.85. The van der Waals surface area contributed by atoms with Crippen LogP contribution in [0.4, 0.5) is 11.4 Å². The number of nitrogens with one attached hydrogen (secondary N) is 2. The molecule has 0 unspecified atom stereocenters. The number of carbonyl (C=O) groups is 1. The van der Waals surface area contributed by atoms with E-state index in [0.717, 1.165) is 27.2 Å². The smallest absolute Gasteiger partial charge is 0.221 e. The number of hydrogen-bond donors (Lipinski definition) is 2. The lowest BCUT2D eigenvalue weighted by atomic mass is 10.1. The summed E-state index contributed by atoms with van der Waals surface area (Å²) in [7, 11) is 0. The van der Waals surface area contributed by atoms with Crippen molar-refractivity contribution in [3.63, 3.8) is 0 Å². The lowest BCUT2D eigenvalue weighted by Gasteiger charge is -2.15. The first kappa shape index (κ1) is 20.0. The molecule has 144 valence electrons. The quantitative estimate of drug-likeness (QED) is 0.482. The van der Waals surface area contributed by atoms with Gasteiger partial charge >= 0.3 is 0 Å². The molecular weight excluding hydrogens is 416 g/mol. The average molecular weight is 439 g/mol. The van der Waals surface area contributed by atoms with Gasteiger partial charge in [0.2, 0.25) is 5.91 Å². The molecule has 3 rings (SSSR count). The maximum Gasteiger partial charge on any atom is 0.221 e. The molecule has 0 saturated carbocycles. The summed E-state index contributed by atoms with van der Waals surface area (Å²) in [5.74, 6) is 0.777. The molecule has 0 aliphatic heterocycles. The first-order chi connectivity index (χ1) is 13.5. The Balaban J connectivity index is 1.67. The molecule has 0 aliphatic carbocycles. The van der Waals surface area contributed by atoms with Gasteiger partial charge in [-0.25, -0.2) is 0 Å². The maximum absolute atomic E-state index is 11.1. The fourth-order valence-electron chi connectivity index (χ4n) is 2.83. The van der Waals surface area contributed by atoms with Crippen LogP contribution in [0.5, 0.6) is 5.75 Å². The first-order valence-electron chi connectivity index (χ1n) is 9.08. The van der Waals surface area contributed by atoms with Crippen LogP contribution in [0.25, 0.3) is 0 Å². The largest absolute Gasteiger partial charge is 0.489 e. The van der Waals surface area contributed by atoms with Crippen LogP contribution in [-0.2, 0) is 17.9 Å². The second kappa shape index (κ2) is 9.42. The third-order valence-electron chi connectivity index (χ3n) is 4.36. The van der Waals surface area contributed by atoms with Crippen LogP contribution >= 0.6 is 15.9 Å². The zero-order valence-corrected chi connectivity index (χ0v) is 17.5. The third kappa shape index (κ3) is 5.60. The van der Waals surface area contributed by atoms with Crippen LogP contribution < -0.4 is 15.4 Å². The van der Waals surface area contributed by atoms with Crippen LogP contribution in [0.1, 0.15) is 23.6 Å². The standard InChI is InChI=1S/C23H23BrN2O2/c1-16-5-3-4-6-18(16)15-28-23-12-7-20(24)13-19(23)14-25-21-8-10-22(11-9-21)26-17(2)27/h3-13,25H,14-15H2,1-2H3,(H,26,27). The molecule has 4 nitrogen and oxygen atoms in total. The van der Waals surface area contributed by atoms with Gasteiger partial charge in [-0.15, -0.1) is 0 Å². The van der Waals surface area contributed by atoms with Crippen molar-refractivity contribution >= 4 is 33.2 Å². The van der Waals surface area contributed by atoms with Gasteiger partial charge in [0, 0.05) is 34.9 Å². The minimum Gasteiger partial charge on any atom is -0.489 e. The predicted molar refractivity (Wildman–Crippen MR) is 118 cm³/mol. The summed E-state index contributed by atoms with van der Waals surface area (Å²) in [6.07, 6.45) is 0. The topological polar surface area (TPSA) is 50.4 Å². The molecule has 0 heterocycles. The summed E-state index contributed by atoms with van der Waals surface area (Å²) in [6, 6.07) is 21.9. The van der Waals surface area contributed by atoms with E-state index in [1.54, 1.807) is 0 Å². The predicted octanol–water partition coefficient (Wildman–Crippen LogP) is 5.91. The van der Waals surface area contributed by atoms with Crippen molar-refractivity contribution in [1.82, 2.24) is 0 Å². The fourth-order valence-corrected chi connectivity index (χ4v) is 3.23. The zero-order valence-electron chi connectivity index (χ0n) is 16.0. The Kier molecular flexibility index (Phi) is 6.71. The Morgan fingerprint density at radius 1 is 0.964 bits per heavy atom. The molecule has 0 atom stereocenters. The maximum atomic E-state index is 11.1. The number of amides is 1. The van der Waals surface area contributed by atoms with Crippen molar-refractivity contribution in [3.8, 4) is 5.75 Å². The molecule has 28 heavy (non-hydrogen) atoms. The second-order valence-electron chi connectivity index (χ2n) is 6.58. The van der Waals surface area contributed by atoms with Crippen molar-refractivity contribution in [2.75, 3.05) is 10.6 Å². The highest BCUT2D eigenvalue weighted by molar-refractivity contribution is 9.10. The van der Waals surface area contributed by atoms with Crippen LogP contribution in [0.15, 0.2) is 71.2 Å². The molecule has 2 N–H and O–H groups in total. The highest BCUT2D eigenvalue weighted by atomic mass is 79.9. The Labute approximate surface area is 174 Å². The number of hydrogen-bond acceptors (Lipinski definition) is 3. The molecular formula is C23H23BrN2O2. The van der Waals surface area contributed by atoms with Crippen molar-refractivity contribution in [3.05, 3.63) is 87.9 Å². The zero-order chi connectivity index (χ0) is 19.9. The highest BCUT2D eigenvalue weighted by Gasteiger charge is 2.07. The van der Waals surface area contributed by atoms with Gasteiger partial charge in [0.25, 0.3) is 0 Å². The fraction of sp³-hybridized carbons (Fsp3) is 0.174. The Morgan fingerprint density at radius 2 is 1.68 bits per heavy atom. The molecule has 0 radical (unpaired) electrons. The van der Waals surface area contributed by atoms with Gasteiger partial charge in [0.05, 0.1) is 0 Å². The summed E-state index contributed by atoms with van der Waals surface area (Å²) in [6.45, 7) is 4.75. The summed E-state index contributed by atoms with van der Waals surface area (Å²) in [5, 5.41) is 6.17. The van der Waals surface area contributed by atoms with Crippen molar-refractivity contribution in [2.45, 2.75) is 27.0 Å². The normalized spacial score (nSPS) is 10.4. The molecule has 0 fully saturated rings. The number of anilines is 2. The summed E-state index contributed by atoms with van der Waals surface area (Å²) in [5.41, 5.74) is 5.21. The molecule has 0 aromatic heterocycles. The van der Waals surface area contributed by atoms with Gasteiger partial charge < -0.3 is 15.4 Å². The molecule has 0 saturated heterocycles. The van der Waals surface area contributed by atoms with E-state index in [1.807, 2.05) is 48.5 Å². The highest BCUT2D eigenvalue weighted by Crippen LogP contribution is 2.26. The lowest BCUT2D eigenvalue weighted by molar-refractivity contribution is -0.114. The van der Waals surface area contributed by atoms with E-state index < -0.39 is 0 Å². The molecule has 0 aliphatic rings. The van der Waals surface area contributed by atoms with Crippen LogP contribution in [-0.4, -0.2) is 5.91 Å². The average Bonchev–Trinajstić information content (AvgIpc) is 2.67. The van der Waals surface area contributed by atoms with E-state index in [2.05, 4.69) is 51.7 Å². The van der Waals surface area contributed by atoms with Crippen molar-refractivity contribution in [2.24, 2.45) is 0 Å². The summed E-state index contributed by atoms with van der Waals surface area (Å²) < 4.78 is 7.11.